The molecule has 0 aliphatic carbocycles. The average molecular weight is 335 g/mol. The first-order chi connectivity index (χ1) is 11.5. The van der Waals surface area contributed by atoms with Crippen molar-refractivity contribution in [3.05, 3.63) is 17.7 Å². The third kappa shape index (κ3) is 4.24. The van der Waals surface area contributed by atoms with Crippen LogP contribution in [-0.4, -0.2) is 58.2 Å². The van der Waals surface area contributed by atoms with Gasteiger partial charge in [-0.05, 0) is 19.9 Å². The summed E-state index contributed by atoms with van der Waals surface area (Å²) >= 11 is 0. The average Bonchev–Trinajstić information content (AvgIpc) is 2.57. The summed E-state index contributed by atoms with van der Waals surface area (Å²) in [6.45, 7) is 5.95. The SMILES string of the molecule is C/C=N/c1cc(OC)c(OCCOC2(C)COC2)cc1/C(N)=N\C. The van der Waals surface area contributed by atoms with Gasteiger partial charge in [0.15, 0.2) is 11.5 Å². The third-order valence-electron chi connectivity index (χ3n) is 3.67. The van der Waals surface area contributed by atoms with Crippen LogP contribution in [0.4, 0.5) is 5.69 Å². The van der Waals surface area contributed by atoms with Crippen molar-refractivity contribution < 1.29 is 18.9 Å². The van der Waals surface area contributed by atoms with Crippen LogP contribution in [0.3, 0.4) is 0 Å². The van der Waals surface area contributed by atoms with Gasteiger partial charge in [0.1, 0.15) is 18.0 Å². The highest BCUT2D eigenvalue weighted by Gasteiger charge is 2.34. The number of nitrogens with zero attached hydrogens (tertiary/aromatic N) is 2. The van der Waals surface area contributed by atoms with Crippen LogP contribution in [0.2, 0.25) is 0 Å². The molecule has 24 heavy (non-hydrogen) atoms. The van der Waals surface area contributed by atoms with Gasteiger partial charge in [-0.3, -0.25) is 9.98 Å². The molecule has 1 fully saturated rings. The predicted molar refractivity (Wildman–Crippen MR) is 94.1 cm³/mol. The van der Waals surface area contributed by atoms with Crippen LogP contribution >= 0.6 is 0 Å². The second kappa shape index (κ2) is 8.12. The first kappa shape index (κ1) is 18.2. The topological polar surface area (TPSA) is 87.7 Å². The Morgan fingerprint density at radius 1 is 1.33 bits per heavy atom. The van der Waals surface area contributed by atoms with Crippen LogP contribution in [-0.2, 0) is 9.47 Å². The molecule has 1 aliphatic rings. The molecule has 0 radical (unpaired) electrons. The maximum Gasteiger partial charge on any atom is 0.162 e. The Labute approximate surface area is 142 Å². The molecule has 0 amide bonds. The number of aliphatic imine (C=N–C) groups is 2. The Hall–Kier alpha value is -2.12. The van der Waals surface area contributed by atoms with Gasteiger partial charge in [0.2, 0.25) is 0 Å². The van der Waals surface area contributed by atoms with Crippen molar-refractivity contribution in [2.45, 2.75) is 19.4 Å². The van der Waals surface area contributed by atoms with Crippen molar-refractivity contribution in [2.24, 2.45) is 15.7 Å². The normalized spacial score (nSPS) is 16.9. The van der Waals surface area contributed by atoms with Gasteiger partial charge in [-0.25, -0.2) is 0 Å². The fraction of sp³-hybridized carbons (Fsp3) is 0.529. The number of methoxy groups -OCH3 is 1. The number of amidine groups is 1. The van der Waals surface area contributed by atoms with Gasteiger partial charge in [0.25, 0.3) is 0 Å². The minimum Gasteiger partial charge on any atom is -0.493 e. The Morgan fingerprint density at radius 2 is 2.08 bits per heavy atom. The van der Waals surface area contributed by atoms with Crippen molar-refractivity contribution in [2.75, 3.05) is 40.6 Å². The quantitative estimate of drug-likeness (QED) is 0.445. The van der Waals surface area contributed by atoms with Crippen LogP contribution in [0.25, 0.3) is 0 Å². The van der Waals surface area contributed by atoms with Crippen LogP contribution in [0, 0.1) is 0 Å². The maximum absolute atomic E-state index is 5.96. The summed E-state index contributed by atoms with van der Waals surface area (Å²) in [7, 11) is 3.22. The zero-order valence-corrected chi connectivity index (χ0v) is 14.7. The van der Waals surface area contributed by atoms with Gasteiger partial charge < -0.3 is 24.7 Å². The summed E-state index contributed by atoms with van der Waals surface area (Å²) in [6.07, 6.45) is 1.69. The van der Waals surface area contributed by atoms with E-state index >= 15 is 0 Å². The van der Waals surface area contributed by atoms with Crippen LogP contribution in [0.5, 0.6) is 11.5 Å². The molecule has 1 aromatic carbocycles. The van der Waals surface area contributed by atoms with E-state index in [1.54, 1.807) is 32.5 Å². The van der Waals surface area contributed by atoms with Gasteiger partial charge in [0.05, 0.1) is 32.6 Å². The third-order valence-corrected chi connectivity index (χ3v) is 3.67. The molecule has 1 aliphatic heterocycles. The first-order valence-corrected chi connectivity index (χ1v) is 7.81. The highest BCUT2D eigenvalue weighted by molar-refractivity contribution is 6.03. The van der Waals surface area contributed by atoms with Gasteiger partial charge in [-0.15, -0.1) is 0 Å². The van der Waals surface area contributed by atoms with Crippen LogP contribution in [0.15, 0.2) is 22.1 Å². The molecule has 1 heterocycles. The van der Waals surface area contributed by atoms with Gasteiger partial charge in [-0.1, -0.05) is 0 Å². The number of rotatable bonds is 8. The smallest absolute Gasteiger partial charge is 0.162 e. The molecule has 0 bridgehead atoms. The fourth-order valence-corrected chi connectivity index (χ4v) is 2.31. The van der Waals surface area contributed by atoms with E-state index in [2.05, 4.69) is 9.98 Å². The monoisotopic (exact) mass is 335 g/mol. The Kier molecular flexibility index (Phi) is 6.16. The number of benzene rings is 1. The lowest BCUT2D eigenvalue weighted by Crippen LogP contribution is -2.49. The highest BCUT2D eigenvalue weighted by atomic mass is 16.6. The molecular weight excluding hydrogens is 310 g/mol. The first-order valence-electron chi connectivity index (χ1n) is 7.81. The zero-order chi connectivity index (χ0) is 17.6. The minimum atomic E-state index is -0.197. The van der Waals surface area contributed by atoms with Crippen LogP contribution in [0.1, 0.15) is 19.4 Å². The van der Waals surface area contributed by atoms with E-state index in [9.17, 15) is 0 Å². The minimum absolute atomic E-state index is 0.197. The summed E-state index contributed by atoms with van der Waals surface area (Å²) in [5, 5.41) is 0. The van der Waals surface area contributed by atoms with Gasteiger partial charge >= 0.3 is 0 Å². The van der Waals surface area contributed by atoms with Crippen molar-refractivity contribution in [1.82, 2.24) is 0 Å². The van der Waals surface area contributed by atoms with Crippen molar-refractivity contribution in [3.63, 3.8) is 0 Å². The molecule has 1 saturated heterocycles. The number of ether oxygens (including phenoxy) is 4. The number of hydrogen-bond acceptors (Lipinski definition) is 6. The molecule has 2 rings (SSSR count). The molecule has 7 heteroatoms. The lowest BCUT2D eigenvalue weighted by atomic mass is 10.1. The van der Waals surface area contributed by atoms with E-state index in [-0.39, 0.29) is 5.60 Å². The largest absolute Gasteiger partial charge is 0.493 e. The molecule has 0 atom stereocenters. The van der Waals surface area contributed by atoms with E-state index in [1.165, 1.54) is 0 Å². The number of nitrogens with two attached hydrogens (primary N) is 1. The Morgan fingerprint density at radius 3 is 2.62 bits per heavy atom. The van der Waals surface area contributed by atoms with E-state index in [0.717, 1.165) is 0 Å². The van der Waals surface area contributed by atoms with Gasteiger partial charge in [0, 0.05) is 24.9 Å². The van der Waals surface area contributed by atoms with E-state index in [0.29, 0.717) is 55.0 Å². The summed E-state index contributed by atoms with van der Waals surface area (Å²) in [6, 6.07) is 3.57. The molecule has 0 aromatic heterocycles. The standard InChI is InChI=1S/C17H25N3O4/c1-5-20-13-9-14(21-4)15(8-12(13)16(18)19-3)23-6-7-24-17(2)10-22-11-17/h5,8-9H,6-7,10-11H2,1-4H3,(H2,18,19)/b20-5+. The molecule has 0 spiro atoms. The molecule has 0 saturated carbocycles. The molecule has 2 N–H and O–H groups in total. The summed E-state index contributed by atoms with van der Waals surface area (Å²) in [4.78, 5) is 8.34. The molecular formula is C17H25N3O4. The zero-order valence-electron chi connectivity index (χ0n) is 14.7. The van der Waals surface area contributed by atoms with E-state index < -0.39 is 0 Å². The molecule has 1 aromatic rings. The van der Waals surface area contributed by atoms with Gasteiger partial charge in [-0.2, -0.15) is 0 Å². The molecule has 132 valence electrons. The van der Waals surface area contributed by atoms with E-state index in [1.807, 2.05) is 13.8 Å². The van der Waals surface area contributed by atoms with Crippen molar-refractivity contribution >= 4 is 17.7 Å². The highest BCUT2D eigenvalue weighted by Crippen LogP contribution is 2.35. The summed E-state index contributed by atoms with van der Waals surface area (Å²) in [5.41, 5.74) is 7.15. The van der Waals surface area contributed by atoms with Crippen molar-refractivity contribution in [1.29, 1.82) is 0 Å². The summed E-state index contributed by atoms with van der Waals surface area (Å²) in [5.74, 6) is 1.55. The lowest BCUT2D eigenvalue weighted by Gasteiger charge is -2.37. The fourth-order valence-electron chi connectivity index (χ4n) is 2.31. The second-order valence-electron chi connectivity index (χ2n) is 5.66. The number of hydrogen-bond donors (Lipinski definition) is 1. The Bertz CT molecular complexity index is 625. The van der Waals surface area contributed by atoms with Crippen LogP contribution < -0.4 is 15.2 Å². The second-order valence-corrected chi connectivity index (χ2v) is 5.66. The summed E-state index contributed by atoms with van der Waals surface area (Å²) < 4.78 is 22.1. The predicted octanol–water partition coefficient (Wildman–Crippen LogP) is 1.94. The maximum atomic E-state index is 5.96. The van der Waals surface area contributed by atoms with Crippen molar-refractivity contribution in [3.8, 4) is 11.5 Å². The lowest BCUT2D eigenvalue weighted by molar-refractivity contribution is -0.201. The molecule has 0 unspecified atom stereocenters. The Balaban J connectivity index is 2.12. The van der Waals surface area contributed by atoms with E-state index in [4.69, 9.17) is 24.7 Å². The molecule has 7 nitrogen and oxygen atoms in total.